The lowest BCUT2D eigenvalue weighted by atomic mass is 9.44. The zero-order valence-corrected chi connectivity index (χ0v) is 76.7. The summed E-state index contributed by atoms with van der Waals surface area (Å²) in [4.78, 5) is 152. The molecule has 39 nitrogen and oxygen atoms in total. The minimum absolute atomic E-state index is 0.0129. The number of aliphatic hydroxyl groups is 2. The number of alkyl halides is 1. The predicted octanol–water partition coefficient (Wildman–Crippen LogP) is 5.46. The van der Waals surface area contributed by atoms with Crippen molar-refractivity contribution in [1.82, 2.24) is 56.5 Å². The van der Waals surface area contributed by atoms with Gasteiger partial charge in [0.2, 0.25) is 35.8 Å². The Morgan fingerprint density at radius 1 is 0.772 bits per heavy atom. The maximum absolute atomic E-state index is 15.9. The second-order valence-corrected chi connectivity index (χ2v) is 37.7. The van der Waals surface area contributed by atoms with E-state index in [1.54, 1.807) is 63.7 Å². The van der Waals surface area contributed by atoms with Crippen molar-refractivity contribution in [2.24, 2.45) is 16.7 Å². The van der Waals surface area contributed by atoms with Crippen LogP contribution in [-0.4, -0.2) is 312 Å². The predicted molar refractivity (Wildman–Crippen MR) is 465 cm³/mol. The van der Waals surface area contributed by atoms with Gasteiger partial charge in [0.1, 0.15) is 47.6 Å². The van der Waals surface area contributed by atoms with Crippen LogP contribution in [0.2, 0.25) is 0 Å². The number of esters is 5. The summed E-state index contributed by atoms with van der Waals surface area (Å²) in [7, 11) is 2.34. The molecule has 2 aromatic heterocycles. The summed E-state index contributed by atoms with van der Waals surface area (Å²) < 4.78 is 89.8. The molecule has 3 aliphatic carbocycles. The Hall–Kier alpha value is -8.63. The fourth-order valence-corrected chi connectivity index (χ4v) is 19.9. The van der Waals surface area contributed by atoms with E-state index in [0.29, 0.717) is 115 Å². The number of benzene rings is 1. The minimum atomic E-state index is -2.53. The fourth-order valence-electron chi connectivity index (χ4n) is 16.2. The molecule has 0 radical (unpaired) electrons. The number of nitrogens with one attached hydrogen (secondary N) is 8. The highest BCUT2D eigenvalue weighted by Gasteiger charge is 2.78. The number of ketones is 1. The van der Waals surface area contributed by atoms with E-state index in [0.717, 1.165) is 49.7 Å². The molecule has 706 valence electrons. The summed E-state index contributed by atoms with van der Waals surface area (Å²) in [5.74, 6) is -6.77. The van der Waals surface area contributed by atoms with Crippen molar-refractivity contribution < 1.29 is 124 Å². The number of urea groups is 1. The molecular weight excluding hydrogens is 1720 g/mol. The highest BCUT2D eigenvalue weighted by atomic mass is 33.1. The maximum atomic E-state index is 15.9. The summed E-state index contributed by atoms with van der Waals surface area (Å²) in [6.45, 7) is 22.5. The van der Waals surface area contributed by atoms with Gasteiger partial charge in [0, 0.05) is 87.4 Å². The van der Waals surface area contributed by atoms with Gasteiger partial charge in [0.25, 0.3) is 0 Å². The van der Waals surface area contributed by atoms with Crippen molar-refractivity contribution in [2.45, 2.75) is 230 Å². The van der Waals surface area contributed by atoms with Gasteiger partial charge in [0.05, 0.1) is 146 Å². The van der Waals surface area contributed by atoms with Crippen molar-refractivity contribution in [2.75, 3.05) is 146 Å². The van der Waals surface area contributed by atoms with Gasteiger partial charge in [-0.15, -0.1) is 5.10 Å². The van der Waals surface area contributed by atoms with Crippen LogP contribution in [0, 0.1) is 16.7 Å². The second-order valence-electron chi connectivity index (χ2n) is 33.6. The molecule has 9 rings (SSSR count). The number of hydrogen-bond donors (Lipinski definition) is 10. The van der Waals surface area contributed by atoms with Crippen LogP contribution in [0.15, 0.2) is 59.3 Å². The molecule has 1 unspecified atom stereocenters. The number of halogens is 1. The van der Waals surface area contributed by atoms with Crippen molar-refractivity contribution in [1.29, 1.82) is 0 Å². The Balaban J connectivity index is 0.779. The molecule has 6 aliphatic rings. The van der Waals surface area contributed by atoms with Gasteiger partial charge in [-0.05, 0) is 91.0 Å². The van der Waals surface area contributed by atoms with Gasteiger partial charge in [0.15, 0.2) is 17.5 Å². The van der Waals surface area contributed by atoms with E-state index in [-0.39, 0.29) is 128 Å². The van der Waals surface area contributed by atoms with Crippen LogP contribution in [0.25, 0.3) is 0 Å². The largest absolute Gasteiger partial charge is 0.455 e. The third-order valence-electron chi connectivity index (χ3n) is 22.4. The van der Waals surface area contributed by atoms with Crippen molar-refractivity contribution in [3.8, 4) is 0 Å². The normalized spacial score (nSPS) is 24.5. The van der Waals surface area contributed by atoms with Crippen LogP contribution in [0.4, 0.5) is 31.8 Å². The molecule has 1 aromatic carbocycles. The summed E-state index contributed by atoms with van der Waals surface area (Å²) in [6, 6.07) is 6.47. The third kappa shape index (κ3) is 29.2. The lowest BCUT2D eigenvalue weighted by molar-refractivity contribution is -0.346. The quantitative estimate of drug-likeness (QED) is 0.00837. The van der Waals surface area contributed by atoms with E-state index < -0.39 is 131 Å². The minimum Gasteiger partial charge on any atom is -0.455 e. The number of hydrogen-bond acceptors (Lipinski definition) is 36. The highest BCUT2D eigenvalue weighted by Crippen LogP contribution is 2.65. The first-order valence-corrected chi connectivity index (χ1v) is 46.3. The molecule has 15 atom stereocenters. The molecule has 127 heavy (non-hydrogen) atoms. The van der Waals surface area contributed by atoms with Gasteiger partial charge in [-0.1, -0.05) is 83.8 Å². The smallest absolute Gasteiger partial charge is 0.408 e. The molecule has 2 bridgehead atoms. The van der Waals surface area contributed by atoms with Crippen LogP contribution >= 0.6 is 33.3 Å². The van der Waals surface area contributed by atoms with Crippen LogP contribution < -0.4 is 42.5 Å². The number of aliphatic hydroxyl groups excluding tert-OH is 1. The molecule has 3 saturated heterocycles. The van der Waals surface area contributed by atoms with Crippen molar-refractivity contribution >= 4 is 111 Å². The fraction of sp³-hybridized carbons (Fsp3) is 0.702. The number of unbranched alkanes of at least 4 members (excludes halogenated alkanes) is 1. The second kappa shape index (κ2) is 48.9. The van der Waals surface area contributed by atoms with E-state index in [1.165, 1.54) is 56.7 Å². The lowest BCUT2D eigenvalue weighted by Gasteiger charge is -2.67. The van der Waals surface area contributed by atoms with E-state index in [1.807, 2.05) is 18.7 Å². The zero-order valence-electron chi connectivity index (χ0n) is 74.3. The molecule has 0 spiro atoms. The molecule has 5 heterocycles. The third-order valence-corrected chi connectivity index (χ3v) is 26.7. The molecule has 5 amide bonds. The molecule has 43 heteroatoms. The number of nitrogens with zero attached hydrogens (tertiary/aromatic N) is 6. The topological polar surface area (TPSA) is 497 Å². The number of Topliss-reactive ketones (excluding diaryl/α,β-unsaturated/α-hetero) is 1. The average Bonchev–Trinajstić information content (AvgIpc) is 1.18. The summed E-state index contributed by atoms with van der Waals surface area (Å²) in [5, 5.41) is 58.9. The first-order chi connectivity index (χ1) is 60.5. The van der Waals surface area contributed by atoms with Crippen LogP contribution in [0.5, 0.6) is 0 Å². The molecular formula is C84H125FN14O25S3. The van der Waals surface area contributed by atoms with Crippen molar-refractivity contribution in [3.63, 3.8) is 0 Å². The maximum Gasteiger partial charge on any atom is 0.408 e. The number of fused-ring (bicyclic) bond motifs is 6. The first kappa shape index (κ1) is 102. The number of carbonyl (C=O) groups excluding carboxylic acids is 10. The van der Waals surface area contributed by atoms with Crippen molar-refractivity contribution in [3.05, 3.63) is 70.6 Å². The van der Waals surface area contributed by atoms with Gasteiger partial charge in [-0.25, -0.2) is 28.3 Å². The molecule has 3 aliphatic heterocycles. The van der Waals surface area contributed by atoms with E-state index in [2.05, 4.69) is 67.8 Å². The van der Waals surface area contributed by atoms with Gasteiger partial charge < -0.3 is 114 Å². The van der Waals surface area contributed by atoms with Gasteiger partial charge in [-0.2, -0.15) is 26.7 Å². The SMILES string of the molecule is CC(=O)O[C@H]1C(=O)[C@@]2(C)[C@H]([C@H](OC(=O)c3ccccc3)[C@]3(O)C[C@H](OC(=O)[C@H](OC(=O)CSSC(C)CCC(=O)NCCNc4nc(NCCOCCOCCOCCNC(=O)CCCC[C@@H]5SC[C@@H]6NC(=O)N[C@@H]65)nc(NCc5cn(CCOCCOCCOCCF)nn5)n4)[C@H](C=C(C)C)NC(=O)OC(C)(C)C)C(C)=C1C3(C)C)[C@]1(OC(C)=O)CO[C@@H]1C[C@@H]2O. The Morgan fingerprint density at radius 3 is 2.04 bits per heavy atom. The summed E-state index contributed by atoms with van der Waals surface area (Å²) in [5.41, 5.74) is -8.26. The number of allylic oxidation sites excluding steroid dienone is 1. The monoisotopic (exact) mass is 1840 g/mol. The number of carbonyl (C=O) groups is 10. The Labute approximate surface area is 750 Å². The van der Waals surface area contributed by atoms with Crippen LogP contribution in [0.3, 0.4) is 0 Å². The summed E-state index contributed by atoms with van der Waals surface area (Å²) in [6.07, 6.45) is -5.51. The first-order valence-electron chi connectivity index (χ1n) is 42.9. The van der Waals surface area contributed by atoms with E-state index >= 15 is 9.59 Å². The number of rotatable bonds is 53. The number of anilines is 3. The number of alkyl carbamates (subject to hydrolysis) is 1. The van der Waals surface area contributed by atoms with E-state index in [9.17, 15) is 53.0 Å². The Bertz CT molecular complexity index is 4250. The number of ether oxygens (including phenoxy) is 13. The van der Waals surface area contributed by atoms with Crippen LogP contribution in [0.1, 0.15) is 151 Å². The molecule has 10 N–H and O–H groups in total. The summed E-state index contributed by atoms with van der Waals surface area (Å²) >= 11 is 1.86. The highest BCUT2D eigenvalue weighted by molar-refractivity contribution is 8.77. The molecule has 2 saturated carbocycles. The number of amides is 5. The lowest BCUT2D eigenvalue weighted by Crippen LogP contribution is -2.82. The molecule has 5 fully saturated rings. The molecule has 3 aromatic rings. The Kier molecular flexibility index (Phi) is 39.3. The standard InChI is InChI=1S/C84H125FN14O25S3/c1-50(2)42-57(92-79(110)124-80(7,8)9)68(74(108)120-59-44-84(111)72(122-73(107)55-18-14-13-15-19-55)70-82(12,61(102)43-62-83(70,49-118-62)123-54(6)101)71(106)69(119-53(5)100)66(52(59)4)81(84,10)11)121-65(105)48-126-127-51(3)22-23-64(104)86-25-26-88-75-94-76(96-77(95-75)90-45-56-46-99(98-97-56)29-33-115-37-41-116-38-34-112-30-24-85)89-28-32-114-36-40-117-39-35-113-31-27-87-63(103)21-17-16-20-60-67-58(47-125-60)91-78(109)93-67/h13-15,18-19,42,46,51,57-62,67-70,72,102,111H,16-17,20-41,43-45,47-49H2,1-12H3,(H,86,104)(H,87,103)(H,92,110)(H2,91,93,109)(H3,88,89,90,94,95,96)/t51?,57-,58-,59-,60-,61-,62+,67-,68+,69+,70-,72-,82+,83-,84+/m0/s1. The Morgan fingerprint density at radius 2 is 1.40 bits per heavy atom. The number of thioether (sulfide) groups is 1. The van der Waals surface area contributed by atoms with Crippen LogP contribution in [-0.2, 0) is 108 Å². The number of aromatic nitrogens is 6. The van der Waals surface area contributed by atoms with Gasteiger partial charge >= 0.3 is 42.0 Å². The average molecular weight is 1850 g/mol. The zero-order chi connectivity index (χ0) is 92.1. The van der Waals surface area contributed by atoms with Gasteiger partial charge in [-0.3, -0.25) is 28.8 Å². The van der Waals surface area contributed by atoms with E-state index in [4.69, 9.17) is 61.6 Å².